The summed E-state index contributed by atoms with van der Waals surface area (Å²) in [6.07, 6.45) is 0. The van der Waals surface area contributed by atoms with Gasteiger partial charge in [0.15, 0.2) is 0 Å². The fraction of sp³-hybridized carbons (Fsp3) is 0.467. The molecule has 0 aliphatic carbocycles. The van der Waals surface area contributed by atoms with E-state index in [4.69, 9.17) is 4.52 Å². The molecule has 21 heavy (non-hydrogen) atoms. The molecule has 1 fully saturated rings. The SMILES string of the molecule is Cc1cccc(-c2noc(CN3CCNC[C@@H]3C)n2)c1.Cl. The quantitative estimate of drug-likeness (QED) is 0.942. The largest absolute Gasteiger partial charge is 0.338 e. The van der Waals surface area contributed by atoms with E-state index in [1.807, 2.05) is 12.1 Å². The van der Waals surface area contributed by atoms with E-state index in [9.17, 15) is 0 Å². The number of benzene rings is 1. The second kappa shape index (κ2) is 7.02. The Morgan fingerprint density at radius 3 is 3.05 bits per heavy atom. The third-order valence-corrected chi connectivity index (χ3v) is 3.72. The smallest absolute Gasteiger partial charge is 0.241 e. The summed E-state index contributed by atoms with van der Waals surface area (Å²) < 4.78 is 5.39. The Labute approximate surface area is 131 Å². The van der Waals surface area contributed by atoms with Gasteiger partial charge < -0.3 is 9.84 Å². The van der Waals surface area contributed by atoms with Gasteiger partial charge in [0, 0.05) is 31.2 Å². The van der Waals surface area contributed by atoms with Gasteiger partial charge in [-0.15, -0.1) is 12.4 Å². The second-order valence-electron chi connectivity index (χ2n) is 5.40. The number of nitrogens with one attached hydrogen (secondary N) is 1. The van der Waals surface area contributed by atoms with Crippen LogP contribution < -0.4 is 5.32 Å². The molecular weight excluding hydrogens is 288 g/mol. The number of rotatable bonds is 3. The van der Waals surface area contributed by atoms with E-state index in [0.29, 0.717) is 17.8 Å². The molecule has 0 unspecified atom stereocenters. The maximum atomic E-state index is 5.39. The lowest BCUT2D eigenvalue weighted by Crippen LogP contribution is -2.49. The highest BCUT2D eigenvalue weighted by atomic mass is 35.5. The Kier molecular flexibility index (Phi) is 5.33. The van der Waals surface area contributed by atoms with Gasteiger partial charge in [-0.25, -0.2) is 0 Å². The fourth-order valence-corrected chi connectivity index (χ4v) is 2.51. The lowest BCUT2D eigenvalue weighted by molar-refractivity contribution is 0.146. The summed E-state index contributed by atoms with van der Waals surface area (Å²) in [5.74, 6) is 1.36. The molecule has 1 aromatic heterocycles. The molecule has 6 heteroatoms. The van der Waals surface area contributed by atoms with Gasteiger partial charge in [-0.05, 0) is 19.9 Å². The first-order valence-corrected chi connectivity index (χ1v) is 7.07. The van der Waals surface area contributed by atoms with Crippen LogP contribution >= 0.6 is 12.4 Å². The number of aromatic nitrogens is 2. The minimum absolute atomic E-state index is 0. The maximum Gasteiger partial charge on any atom is 0.241 e. The standard InChI is InChI=1S/C15H20N4O.ClH/c1-11-4-3-5-13(8-11)15-17-14(20-18-15)10-19-7-6-16-9-12(19)2;/h3-5,8,12,16H,6-7,9-10H2,1-2H3;1H/t12-;/m0./s1. The molecule has 0 saturated carbocycles. The maximum absolute atomic E-state index is 5.39. The Morgan fingerprint density at radius 2 is 2.29 bits per heavy atom. The van der Waals surface area contributed by atoms with Crippen molar-refractivity contribution >= 4 is 12.4 Å². The molecule has 0 radical (unpaired) electrons. The molecule has 0 bridgehead atoms. The third kappa shape index (κ3) is 3.81. The van der Waals surface area contributed by atoms with Crippen molar-refractivity contribution in [3.8, 4) is 11.4 Å². The van der Waals surface area contributed by atoms with Gasteiger partial charge >= 0.3 is 0 Å². The van der Waals surface area contributed by atoms with E-state index in [-0.39, 0.29) is 12.4 Å². The zero-order valence-corrected chi connectivity index (χ0v) is 13.2. The van der Waals surface area contributed by atoms with E-state index in [1.165, 1.54) is 5.56 Å². The van der Waals surface area contributed by atoms with E-state index in [2.05, 4.69) is 46.3 Å². The molecule has 1 N–H and O–H groups in total. The first-order chi connectivity index (χ1) is 9.72. The summed E-state index contributed by atoms with van der Waals surface area (Å²) >= 11 is 0. The molecule has 2 aromatic rings. The van der Waals surface area contributed by atoms with Crippen LogP contribution in [-0.4, -0.2) is 40.7 Å². The van der Waals surface area contributed by atoms with Crippen LogP contribution in [0.25, 0.3) is 11.4 Å². The van der Waals surface area contributed by atoms with Crippen molar-refractivity contribution in [3.05, 3.63) is 35.7 Å². The summed E-state index contributed by atoms with van der Waals surface area (Å²) in [7, 11) is 0. The van der Waals surface area contributed by atoms with Crippen LogP contribution in [0.4, 0.5) is 0 Å². The number of piperazine rings is 1. The fourth-order valence-electron chi connectivity index (χ4n) is 2.51. The van der Waals surface area contributed by atoms with Gasteiger partial charge in [-0.3, -0.25) is 4.90 Å². The summed E-state index contributed by atoms with van der Waals surface area (Å²) in [6.45, 7) is 8.05. The average Bonchev–Trinajstić information content (AvgIpc) is 2.90. The van der Waals surface area contributed by atoms with E-state index in [0.717, 1.165) is 31.7 Å². The lowest BCUT2D eigenvalue weighted by Gasteiger charge is -2.32. The zero-order valence-electron chi connectivity index (χ0n) is 12.4. The summed E-state index contributed by atoms with van der Waals surface area (Å²) in [5, 5.41) is 7.47. The minimum Gasteiger partial charge on any atom is -0.338 e. The van der Waals surface area contributed by atoms with Crippen LogP contribution in [0.15, 0.2) is 28.8 Å². The van der Waals surface area contributed by atoms with Gasteiger partial charge in [0.2, 0.25) is 11.7 Å². The normalized spacial score (nSPS) is 19.2. The molecule has 1 aliphatic rings. The predicted octanol–water partition coefficient (Wildman–Crippen LogP) is 2.26. The Morgan fingerprint density at radius 1 is 1.43 bits per heavy atom. The molecule has 1 atom stereocenters. The van der Waals surface area contributed by atoms with Gasteiger partial charge in [-0.1, -0.05) is 28.9 Å². The van der Waals surface area contributed by atoms with Crippen molar-refractivity contribution in [2.45, 2.75) is 26.4 Å². The van der Waals surface area contributed by atoms with Crippen LogP contribution in [0.3, 0.4) is 0 Å². The van der Waals surface area contributed by atoms with Crippen molar-refractivity contribution in [3.63, 3.8) is 0 Å². The topological polar surface area (TPSA) is 54.2 Å². The number of nitrogens with zero attached hydrogens (tertiary/aromatic N) is 3. The van der Waals surface area contributed by atoms with Gasteiger partial charge in [0.1, 0.15) is 0 Å². The Bertz CT molecular complexity index is 587. The number of aryl methyl sites for hydroxylation is 1. The zero-order chi connectivity index (χ0) is 13.9. The van der Waals surface area contributed by atoms with Crippen LogP contribution in [0.5, 0.6) is 0 Å². The first kappa shape index (κ1) is 15.9. The van der Waals surface area contributed by atoms with Crippen LogP contribution in [0.1, 0.15) is 18.4 Å². The van der Waals surface area contributed by atoms with Crippen molar-refractivity contribution in [2.24, 2.45) is 0 Å². The molecule has 2 heterocycles. The molecule has 3 rings (SSSR count). The van der Waals surface area contributed by atoms with Gasteiger partial charge in [-0.2, -0.15) is 4.98 Å². The van der Waals surface area contributed by atoms with Crippen molar-refractivity contribution < 1.29 is 4.52 Å². The number of hydrogen-bond acceptors (Lipinski definition) is 5. The van der Waals surface area contributed by atoms with Crippen LogP contribution in [-0.2, 0) is 6.54 Å². The number of halogens is 1. The summed E-state index contributed by atoms with van der Waals surface area (Å²) in [6, 6.07) is 8.65. The Hall–Kier alpha value is -1.43. The van der Waals surface area contributed by atoms with Gasteiger partial charge in [0.05, 0.1) is 6.54 Å². The molecule has 0 amide bonds. The van der Waals surface area contributed by atoms with Crippen molar-refractivity contribution in [2.75, 3.05) is 19.6 Å². The van der Waals surface area contributed by atoms with E-state index < -0.39 is 0 Å². The predicted molar refractivity (Wildman–Crippen MR) is 84.5 cm³/mol. The third-order valence-electron chi connectivity index (χ3n) is 3.72. The highest BCUT2D eigenvalue weighted by Gasteiger charge is 2.20. The molecule has 1 aliphatic heterocycles. The van der Waals surface area contributed by atoms with Crippen LogP contribution in [0.2, 0.25) is 0 Å². The summed E-state index contributed by atoms with van der Waals surface area (Å²) in [4.78, 5) is 6.88. The lowest BCUT2D eigenvalue weighted by atomic mass is 10.1. The highest BCUT2D eigenvalue weighted by Crippen LogP contribution is 2.18. The molecular formula is C15H21ClN4O. The molecule has 1 aromatic carbocycles. The Balaban J connectivity index is 0.00000161. The van der Waals surface area contributed by atoms with E-state index in [1.54, 1.807) is 0 Å². The average molecular weight is 309 g/mol. The number of hydrogen-bond donors (Lipinski definition) is 1. The molecule has 5 nitrogen and oxygen atoms in total. The van der Waals surface area contributed by atoms with E-state index >= 15 is 0 Å². The van der Waals surface area contributed by atoms with Crippen molar-refractivity contribution in [1.29, 1.82) is 0 Å². The molecule has 0 spiro atoms. The highest BCUT2D eigenvalue weighted by molar-refractivity contribution is 5.85. The first-order valence-electron chi connectivity index (χ1n) is 7.07. The molecule has 1 saturated heterocycles. The summed E-state index contributed by atoms with van der Waals surface area (Å²) in [5.41, 5.74) is 2.21. The second-order valence-corrected chi connectivity index (χ2v) is 5.40. The van der Waals surface area contributed by atoms with Gasteiger partial charge in [0.25, 0.3) is 0 Å². The monoisotopic (exact) mass is 308 g/mol. The van der Waals surface area contributed by atoms with Crippen molar-refractivity contribution in [1.82, 2.24) is 20.4 Å². The van der Waals surface area contributed by atoms with Crippen LogP contribution in [0, 0.1) is 6.92 Å². The minimum atomic E-state index is 0. The molecule has 114 valence electrons.